The van der Waals surface area contributed by atoms with Crippen LogP contribution in [0.1, 0.15) is 5.56 Å². The number of rotatable bonds is 5. The molecule has 10 heteroatoms. The Labute approximate surface area is 149 Å². The maximum atomic E-state index is 13.6. The summed E-state index contributed by atoms with van der Waals surface area (Å²) in [4.78, 5) is -0.0999. The van der Waals surface area contributed by atoms with E-state index < -0.39 is 48.3 Å². The molecular weight excluding hydrogens is 391 g/mol. The highest BCUT2D eigenvalue weighted by molar-refractivity contribution is 7.92. The van der Waals surface area contributed by atoms with Crippen molar-refractivity contribution in [2.75, 3.05) is 13.1 Å². The summed E-state index contributed by atoms with van der Waals surface area (Å²) in [7, 11) is -7.80. The fourth-order valence-electron chi connectivity index (χ4n) is 2.58. The molecule has 0 aliphatic carbocycles. The van der Waals surface area contributed by atoms with Crippen molar-refractivity contribution in [1.29, 1.82) is 0 Å². The van der Waals surface area contributed by atoms with E-state index in [0.717, 1.165) is 46.8 Å². The van der Waals surface area contributed by atoms with Gasteiger partial charge in [0.05, 0.1) is 15.9 Å². The molecule has 140 valence electrons. The zero-order chi connectivity index (χ0) is 19.1. The molecule has 0 unspecified atom stereocenters. The fraction of sp³-hybridized carbons (Fsp3) is 0.250. The van der Waals surface area contributed by atoms with E-state index >= 15 is 0 Å². The van der Waals surface area contributed by atoms with Crippen LogP contribution in [-0.4, -0.2) is 39.5 Å². The molecule has 26 heavy (non-hydrogen) atoms. The summed E-state index contributed by atoms with van der Waals surface area (Å²) in [5.74, 6) is -2.97. The van der Waals surface area contributed by atoms with Crippen molar-refractivity contribution >= 4 is 19.9 Å². The highest BCUT2D eigenvalue weighted by Gasteiger charge is 2.43. The Morgan fingerprint density at radius 1 is 0.885 bits per heavy atom. The summed E-state index contributed by atoms with van der Waals surface area (Å²) in [6.07, 6.45) is 0. The van der Waals surface area contributed by atoms with Gasteiger partial charge in [0.15, 0.2) is 9.84 Å². The molecule has 0 spiro atoms. The molecule has 1 aliphatic heterocycles. The van der Waals surface area contributed by atoms with Crippen molar-refractivity contribution in [3.8, 4) is 0 Å². The van der Waals surface area contributed by atoms with Gasteiger partial charge in [0.1, 0.15) is 17.5 Å². The molecule has 0 N–H and O–H groups in total. The van der Waals surface area contributed by atoms with Crippen molar-refractivity contribution in [3.63, 3.8) is 0 Å². The average molecular weight is 405 g/mol. The lowest BCUT2D eigenvalue weighted by molar-refractivity contribution is 0.309. The van der Waals surface area contributed by atoms with Crippen LogP contribution in [0.2, 0.25) is 0 Å². The first-order valence-corrected chi connectivity index (χ1v) is 10.7. The van der Waals surface area contributed by atoms with Crippen molar-refractivity contribution < 1.29 is 30.0 Å². The molecule has 0 saturated carbocycles. The number of hydrogen-bond donors (Lipinski definition) is 0. The van der Waals surface area contributed by atoms with Crippen LogP contribution in [0.25, 0.3) is 0 Å². The lowest BCUT2D eigenvalue weighted by Crippen LogP contribution is -2.56. The zero-order valence-electron chi connectivity index (χ0n) is 13.3. The van der Waals surface area contributed by atoms with Gasteiger partial charge in [-0.15, -0.1) is 0 Å². The Bertz CT molecular complexity index is 1030. The highest BCUT2D eigenvalue weighted by atomic mass is 32.2. The Balaban J connectivity index is 1.72. The molecule has 2 aromatic carbocycles. The van der Waals surface area contributed by atoms with E-state index in [1.807, 2.05) is 0 Å². The molecular formula is C16H14F3NO4S2. The minimum Gasteiger partial charge on any atom is -0.223 e. The molecule has 1 saturated heterocycles. The van der Waals surface area contributed by atoms with Crippen LogP contribution < -0.4 is 0 Å². The van der Waals surface area contributed by atoms with Crippen LogP contribution in [0, 0.1) is 17.5 Å². The first-order valence-electron chi connectivity index (χ1n) is 7.51. The third kappa shape index (κ3) is 3.62. The Morgan fingerprint density at radius 2 is 1.46 bits per heavy atom. The van der Waals surface area contributed by atoms with Gasteiger partial charge >= 0.3 is 0 Å². The van der Waals surface area contributed by atoms with Crippen LogP contribution in [-0.2, 0) is 25.6 Å². The molecule has 5 nitrogen and oxygen atoms in total. The summed E-state index contributed by atoms with van der Waals surface area (Å²) < 4.78 is 90.0. The summed E-state index contributed by atoms with van der Waals surface area (Å²) >= 11 is 0. The predicted molar refractivity (Wildman–Crippen MR) is 87.9 cm³/mol. The first kappa shape index (κ1) is 18.9. The van der Waals surface area contributed by atoms with E-state index in [-0.39, 0.29) is 23.5 Å². The van der Waals surface area contributed by atoms with Gasteiger partial charge in [0, 0.05) is 18.7 Å². The van der Waals surface area contributed by atoms with E-state index in [4.69, 9.17) is 0 Å². The maximum absolute atomic E-state index is 13.6. The monoisotopic (exact) mass is 405 g/mol. The number of nitrogens with zero attached hydrogens (tertiary/aromatic N) is 1. The third-order valence-electron chi connectivity index (χ3n) is 4.13. The number of halogens is 3. The van der Waals surface area contributed by atoms with E-state index in [0.29, 0.717) is 0 Å². The normalized spacial score (nSPS) is 16.4. The Hall–Kier alpha value is -1.91. The number of sulfone groups is 1. The Morgan fingerprint density at radius 3 is 2.08 bits per heavy atom. The third-order valence-corrected chi connectivity index (χ3v) is 8.00. The minimum atomic E-state index is -4.00. The SMILES string of the molecule is O=S(=O)(c1ccc(F)cc1)C1CN(S(=O)(=O)Cc2cc(F)ccc2F)C1. The topological polar surface area (TPSA) is 71.5 Å². The second-order valence-corrected chi connectivity index (χ2v) is 10.1. The van der Waals surface area contributed by atoms with Crippen molar-refractivity contribution in [1.82, 2.24) is 4.31 Å². The zero-order valence-corrected chi connectivity index (χ0v) is 14.9. The van der Waals surface area contributed by atoms with E-state index in [2.05, 4.69) is 0 Å². The second-order valence-electron chi connectivity index (χ2n) is 5.93. The molecule has 0 aromatic heterocycles. The van der Waals surface area contributed by atoms with Gasteiger partial charge in [-0.1, -0.05) is 0 Å². The second kappa shape index (κ2) is 6.67. The fourth-order valence-corrected chi connectivity index (χ4v) is 6.04. The van der Waals surface area contributed by atoms with Crippen LogP contribution in [0.3, 0.4) is 0 Å². The molecule has 1 fully saturated rings. The van der Waals surface area contributed by atoms with Gasteiger partial charge in [0.2, 0.25) is 10.0 Å². The molecule has 3 rings (SSSR count). The summed E-state index contributed by atoms with van der Waals surface area (Å²) in [6.45, 7) is -0.585. The van der Waals surface area contributed by atoms with Crippen molar-refractivity contribution in [2.45, 2.75) is 15.9 Å². The van der Waals surface area contributed by atoms with E-state index in [9.17, 15) is 30.0 Å². The molecule has 1 aliphatic rings. The van der Waals surface area contributed by atoms with Gasteiger partial charge in [-0.25, -0.2) is 30.0 Å². The largest absolute Gasteiger partial charge is 0.223 e. The smallest absolute Gasteiger partial charge is 0.218 e. The number of hydrogen-bond acceptors (Lipinski definition) is 4. The summed E-state index contributed by atoms with van der Waals surface area (Å²) in [5, 5.41) is -0.972. The quantitative estimate of drug-likeness (QED) is 0.715. The molecule has 2 aromatic rings. The van der Waals surface area contributed by atoms with Crippen molar-refractivity contribution in [2.24, 2.45) is 0 Å². The van der Waals surface area contributed by atoms with Gasteiger partial charge in [-0.05, 0) is 42.5 Å². The van der Waals surface area contributed by atoms with Gasteiger partial charge in [-0.3, -0.25) is 0 Å². The highest BCUT2D eigenvalue weighted by Crippen LogP contribution is 2.27. The number of sulfonamides is 1. The lowest BCUT2D eigenvalue weighted by Gasteiger charge is -2.37. The van der Waals surface area contributed by atoms with Gasteiger partial charge in [-0.2, -0.15) is 4.31 Å². The minimum absolute atomic E-state index is 0.0999. The Kier molecular flexibility index (Phi) is 4.84. The standard InChI is InChI=1S/C16H14F3NO4S2/c17-12-1-4-14(5-2-12)26(23,24)15-8-20(9-15)25(21,22)10-11-7-13(18)3-6-16(11)19/h1-7,15H,8-10H2. The molecule has 0 atom stereocenters. The van der Waals surface area contributed by atoms with Crippen LogP contribution in [0.15, 0.2) is 47.4 Å². The average Bonchev–Trinajstić information content (AvgIpc) is 2.49. The number of benzene rings is 2. The lowest BCUT2D eigenvalue weighted by atomic mass is 10.2. The van der Waals surface area contributed by atoms with Gasteiger partial charge < -0.3 is 0 Å². The molecule has 1 heterocycles. The molecule has 0 amide bonds. The predicted octanol–water partition coefficient (Wildman–Crippen LogP) is 2.09. The first-order chi connectivity index (χ1) is 12.1. The van der Waals surface area contributed by atoms with E-state index in [1.165, 1.54) is 0 Å². The van der Waals surface area contributed by atoms with Gasteiger partial charge in [0.25, 0.3) is 0 Å². The summed E-state index contributed by atoms with van der Waals surface area (Å²) in [6, 6.07) is 6.74. The molecule has 0 bridgehead atoms. The maximum Gasteiger partial charge on any atom is 0.218 e. The molecule has 0 radical (unpaired) electrons. The van der Waals surface area contributed by atoms with Crippen LogP contribution in [0.5, 0.6) is 0 Å². The van der Waals surface area contributed by atoms with Crippen LogP contribution >= 0.6 is 0 Å². The summed E-state index contributed by atoms with van der Waals surface area (Å²) in [5.41, 5.74) is -0.324. The van der Waals surface area contributed by atoms with E-state index in [1.54, 1.807) is 0 Å². The van der Waals surface area contributed by atoms with Crippen LogP contribution in [0.4, 0.5) is 13.2 Å². The van der Waals surface area contributed by atoms with Crippen molar-refractivity contribution in [3.05, 3.63) is 65.5 Å².